The lowest BCUT2D eigenvalue weighted by Crippen LogP contribution is -2.60. The zero-order chi connectivity index (χ0) is 29.6. The maximum atomic E-state index is 13.2. The van der Waals surface area contributed by atoms with Gasteiger partial charge in [0.1, 0.15) is 77.2 Å². The summed E-state index contributed by atoms with van der Waals surface area (Å²) in [6.07, 6.45) is -14.4. The van der Waals surface area contributed by atoms with Crippen molar-refractivity contribution in [2.75, 3.05) is 20.3 Å². The molecule has 1 aromatic heterocycles. The Morgan fingerprint density at radius 2 is 1.66 bits per heavy atom. The Bertz CT molecular complexity index is 1440. The van der Waals surface area contributed by atoms with E-state index in [1.807, 2.05) is 0 Å². The van der Waals surface area contributed by atoms with Gasteiger partial charge >= 0.3 is 0 Å². The molecule has 14 heteroatoms. The Labute approximate surface area is 231 Å². The smallest absolute Gasteiger partial charge is 0.197 e. The monoisotopic (exact) mass is 578 g/mol. The quantitative estimate of drug-likeness (QED) is 0.173. The Balaban J connectivity index is 1.69. The molecule has 222 valence electrons. The first kappa shape index (κ1) is 29.2. The summed E-state index contributed by atoms with van der Waals surface area (Å²) in [6.45, 7) is -1.16. The molecule has 0 bridgehead atoms. The molecule has 9 atom stereocenters. The number of benzene rings is 2. The molecule has 8 N–H and O–H groups in total. The number of aliphatic hydroxyl groups is 6. The van der Waals surface area contributed by atoms with E-state index >= 15 is 0 Å². The van der Waals surface area contributed by atoms with Crippen LogP contribution in [0.25, 0.3) is 22.3 Å². The number of methoxy groups -OCH3 is 1. The summed E-state index contributed by atoms with van der Waals surface area (Å²) in [4.78, 5) is 13.2. The Hall–Kier alpha value is -3.31. The van der Waals surface area contributed by atoms with Gasteiger partial charge in [0.05, 0.1) is 25.9 Å². The van der Waals surface area contributed by atoms with Gasteiger partial charge in [-0.05, 0) is 24.3 Å². The summed E-state index contributed by atoms with van der Waals surface area (Å²) < 4.78 is 28.6. The predicted octanol–water partition coefficient (Wildman–Crippen LogP) is -1.14. The molecular weight excluding hydrogens is 548 g/mol. The van der Waals surface area contributed by atoms with E-state index in [2.05, 4.69) is 0 Å². The maximum absolute atomic E-state index is 13.2. The van der Waals surface area contributed by atoms with Gasteiger partial charge in [-0.1, -0.05) is 0 Å². The highest BCUT2D eigenvalue weighted by atomic mass is 16.7. The molecular formula is C27H30O14. The third-order valence-corrected chi connectivity index (χ3v) is 7.25. The molecule has 0 spiro atoms. The number of phenolic OH excluding ortho intramolecular Hbond substituents is 2. The first-order valence-electron chi connectivity index (χ1n) is 12.7. The molecule has 0 unspecified atom stereocenters. The van der Waals surface area contributed by atoms with Gasteiger partial charge in [0.15, 0.2) is 17.3 Å². The first-order valence-corrected chi connectivity index (χ1v) is 12.7. The van der Waals surface area contributed by atoms with E-state index in [4.69, 9.17) is 23.4 Å². The summed E-state index contributed by atoms with van der Waals surface area (Å²) in [5, 5.41) is 82.1. The van der Waals surface area contributed by atoms with E-state index in [0.717, 1.165) is 12.1 Å². The number of aliphatic hydroxyl groups excluding tert-OH is 6. The molecule has 41 heavy (non-hydrogen) atoms. The summed E-state index contributed by atoms with van der Waals surface area (Å²) in [5.41, 5.74) is -0.566. The van der Waals surface area contributed by atoms with E-state index in [0.29, 0.717) is 5.56 Å². The SMILES string of the molecule is COc1cc(O)c2c(=O)cc(-c3ccc(O)cc3)oc2c1[C@@H]1O[C@@H](CO)[C@@H](O)[C@H](O)[C@H]1O[C@H]1OC[C@H](O)[C@@H](O)[C@H]1O. The van der Waals surface area contributed by atoms with E-state index in [-0.39, 0.29) is 33.8 Å². The average Bonchev–Trinajstić information content (AvgIpc) is 2.95. The number of phenols is 2. The molecule has 0 aliphatic carbocycles. The average molecular weight is 579 g/mol. The predicted molar refractivity (Wildman–Crippen MR) is 137 cm³/mol. The minimum Gasteiger partial charge on any atom is -0.508 e. The Morgan fingerprint density at radius 1 is 0.951 bits per heavy atom. The van der Waals surface area contributed by atoms with Crippen LogP contribution < -0.4 is 10.2 Å². The standard InChI is InChI=1S/C27H30O14/c1-37-16-7-13(31)18-12(30)6-15(10-2-4-11(29)5-3-10)39-24(18)19(16)25-26(22(35)21(34)17(8-28)40-25)41-27-23(36)20(33)14(32)9-38-27/h2-7,14,17,20-23,25-29,31-36H,8-9H2,1H3/t14-,17-,20+,21+,22-,23+,25-,26+,27+/m0/s1. The van der Waals surface area contributed by atoms with Crippen LogP contribution in [0.2, 0.25) is 0 Å². The Morgan fingerprint density at radius 3 is 2.32 bits per heavy atom. The minimum absolute atomic E-state index is 0.0279. The molecule has 14 nitrogen and oxygen atoms in total. The van der Waals surface area contributed by atoms with Crippen LogP contribution in [-0.2, 0) is 14.2 Å². The van der Waals surface area contributed by atoms with Crippen LogP contribution in [0.5, 0.6) is 17.2 Å². The number of hydrogen-bond acceptors (Lipinski definition) is 14. The van der Waals surface area contributed by atoms with Crippen molar-refractivity contribution >= 4 is 11.0 Å². The van der Waals surface area contributed by atoms with Crippen LogP contribution in [0.1, 0.15) is 11.7 Å². The van der Waals surface area contributed by atoms with E-state index in [1.54, 1.807) is 0 Å². The first-order chi connectivity index (χ1) is 19.5. The van der Waals surface area contributed by atoms with Gasteiger partial charge in [-0.25, -0.2) is 0 Å². The highest BCUT2D eigenvalue weighted by Gasteiger charge is 2.50. The molecule has 2 fully saturated rings. The highest BCUT2D eigenvalue weighted by molar-refractivity contribution is 5.89. The molecule has 2 aliphatic rings. The molecule has 0 radical (unpaired) electrons. The van der Waals surface area contributed by atoms with Crippen molar-refractivity contribution in [3.05, 3.63) is 52.2 Å². The van der Waals surface area contributed by atoms with Crippen LogP contribution in [-0.4, -0.2) is 110 Å². The van der Waals surface area contributed by atoms with Crippen molar-refractivity contribution < 1.29 is 64.2 Å². The fourth-order valence-corrected chi connectivity index (χ4v) is 5.05. The second kappa shape index (κ2) is 11.5. The second-order valence-corrected chi connectivity index (χ2v) is 9.85. The summed E-state index contributed by atoms with van der Waals surface area (Å²) in [7, 11) is 1.26. The van der Waals surface area contributed by atoms with Crippen LogP contribution in [0.3, 0.4) is 0 Å². The molecule has 3 aromatic rings. The third-order valence-electron chi connectivity index (χ3n) is 7.25. The van der Waals surface area contributed by atoms with E-state index in [1.165, 1.54) is 31.4 Å². The lowest BCUT2D eigenvalue weighted by atomic mass is 9.89. The number of aromatic hydroxyl groups is 2. The van der Waals surface area contributed by atoms with Crippen molar-refractivity contribution in [2.45, 2.75) is 55.1 Å². The van der Waals surface area contributed by atoms with Crippen LogP contribution in [0, 0.1) is 0 Å². The molecule has 3 heterocycles. The minimum atomic E-state index is -1.79. The molecule has 5 rings (SSSR count). The van der Waals surface area contributed by atoms with Crippen molar-refractivity contribution in [2.24, 2.45) is 0 Å². The fourth-order valence-electron chi connectivity index (χ4n) is 5.05. The fraction of sp³-hybridized carbons (Fsp3) is 0.444. The maximum Gasteiger partial charge on any atom is 0.197 e. The van der Waals surface area contributed by atoms with Crippen molar-refractivity contribution in [3.63, 3.8) is 0 Å². The van der Waals surface area contributed by atoms with Crippen molar-refractivity contribution in [3.8, 4) is 28.6 Å². The number of rotatable bonds is 6. The van der Waals surface area contributed by atoms with Gasteiger partial charge in [0.25, 0.3) is 0 Å². The van der Waals surface area contributed by atoms with Gasteiger partial charge < -0.3 is 64.2 Å². The molecule has 0 saturated carbocycles. The normalized spacial score (nSPS) is 32.2. The summed E-state index contributed by atoms with van der Waals surface area (Å²) in [5.74, 6) is -0.574. The van der Waals surface area contributed by atoms with Gasteiger partial charge in [-0.3, -0.25) is 4.79 Å². The Kier molecular flexibility index (Phi) is 8.20. The van der Waals surface area contributed by atoms with Gasteiger partial charge in [0, 0.05) is 17.7 Å². The van der Waals surface area contributed by atoms with Crippen LogP contribution in [0.15, 0.2) is 45.6 Å². The number of hydrogen-bond donors (Lipinski definition) is 8. The largest absolute Gasteiger partial charge is 0.508 e. The number of fused-ring (bicyclic) bond motifs is 1. The van der Waals surface area contributed by atoms with E-state index in [9.17, 15) is 45.6 Å². The highest BCUT2D eigenvalue weighted by Crippen LogP contribution is 2.45. The topological polar surface area (TPSA) is 229 Å². The zero-order valence-electron chi connectivity index (χ0n) is 21.6. The molecule has 0 amide bonds. The van der Waals surface area contributed by atoms with Crippen LogP contribution >= 0.6 is 0 Å². The van der Waals surface area contributed by atoms with E-state index < -0.39 is 79.5 Å². The zero-order valence-corrected chi connectivity index (χ0v) is 21.6. The number of ether oxygens (including phenoxy) is 4. The lowest BCUT2D eigenvalue weighted by Gasteiger charge is -2.45. The van der Waals surface area contributed by atoms with Gasteiger partial charge in [-0.2, -0.15) is 0 Å². The van der Waals surface area contributed by atoms with Gasteiger partial charge in [0.2, 0.25) is 0 Å². The van der Waals surface area contributed by atoms with Crippen LogP contribution in [0.4, 0.5) is 0 Å². The second-order valence-electron chi connectivity index (χ2n) is 9.85. The summed E-state index contributed by atoms with van der Waals surface area (Å²) in [6, 6.07) is 7.99. The van der Waals surface area contributed by atoms with Gasteiger partial charge in [-0.15, -0.1) is 0 Å². The lowest BCUT2D eigenvalue weighted by molar-refractivity contribution is -0.325. The van der Waals surface area contributed by atoms with Crippen molar-refractivity contribution in [1.82, 2.24) is 0 Å². The van der Waals surface area contributed by atoms with Crippen molar-refractivity contribution in [1.29, 1.82) is 0 Å². The third kappa shape index (κ3) is 5.25. The molecule has 2 aromatic carbocycles. The molecule has 2 saturated heterocycles. The molecule has 2 aliphatic heterocycles. The summed E-state index contributed by atoms with van der Waals surface area (Å²) >= 11 is 0.